The number of hydrogen-bond donors (Lipinski definition) is 1. The molecule has 24 heavy (non-hydrogen) atoms. The van der Waals surface area contributed by atoms with E-state index in [1.54, 1.807) is 4.90 Å². The quantitative estimate of drug-likeness (QED) is 0.842. The predicted molar refractivity (Wildman–Crippen MR) is 89.0 cm³/mol. The predicted octanol–water partition coefficient (Wildman–Crippen LogP) is 1.79. The van der Waals surface area contributed by atoms with Gasteiger partial charge in [0.1, 0.15) is 5.69 Å². The Morgan fingerprint density at radius 1 is 1.17 bits per heavy atom. The van der Waals surface area contributed by atoms with E-state index in [4.69, 9.17) is 0 Å². The van der Waals surface area contributed by atoms with Crippen molar-refractivity contribution in [3.05, 3.63) is 60.2 Å². The highest BCUT2D eigenvalue weighted by Gasteiger charge is 2.24. The molecule has 1 fully saturated rings. The van der Waals surface area contributed by atoms with Gasteiger partial charge in [-0.3, -0.25) is 14.6 Å². The summed E-state index contributed by atoms with van der Waals surface area (Å²) in [6.45, 7) is 0.788. The maximum absolute atomic E-state index is 12.7. The van der Waals surface area contributed by atoms with Crippen LogP contribution in [0.15, 0.2) is 48.9 Å². The zero-order valence-electron chi connectivity index (χ0n) is 13.4. The Morgan fingerprint density at radius 2 is 1.96 bits per heavy atom. The van der Waals surface area contributed by atoms with Crippen LogP contribution in [-0.2, 0) is 11.3 Å². The Labute approximate surface area is 140 Å². The first kappa shape index (κ1) is 16.1. The molecule has 6 nitrogen and oxygen atoms in total. The van der Waals surface area contributed by atoms with Gasteiger partial charge in [-0.2, -0.15) is 0 Å². The molecule has 0 aliphatic heterocycles. The minimum absolute atomic E-state index is 0.0116. The van der Waals surface area contributed by atoms with Crippen molar-refractivity contribution in [2.24, 2.45) is 0 Å². The molecule has 0 atom stereocenters. The molecule has 0 bridgehead atoms. The van der Waals surface area contributed by atoms with Crippen molar-refractivity contribution in [3.63, 3.8) is 0 Å². The lowest BCUT2D eigenvalue weighted by Gasteiger charge is -2.22. The smallest absolute Gasteiger partial charge is 0.274 e. The second-order valence-corrected chi connectivity index (χ2v) is 5.89. The zero-order chi connectivity index (χ0) is 16.8. The number of carbonyl (C=O) groups is 2. The van der Waals surface area contributed by atoms with Crippen molar-refractivity contribution in [2.45, 2.75) is 31.8 Å². The SMILES string of the molecule is O=C(CCN(Cc1ccccc1)C(=O)c1cnccn1)NC1CC1. The third-order valence-electron chi connectivity index (χ3n) is 3.84. The second-order valence-electron chi connectivity index (χ2n) is 5.89. The molecule has 1 heterocycles. The van der Waals surface area contributed by atoms with Gasteiger partial charge in [0.05, 0.1) is 6.20 Å². The Balaban J connectivity index is 1.67. The molecule has 124 valence electrons. The monoisotopic (exact) mass is 324 g/mol. The number of nitrogens with zero attached hydrogens (tertiary/aromatic N) is 3. The van der Waals surface area contributed by atoms with Gasteiger partial charge in [0.15, 0.2) is 0 Å². The first-order valence-electron chi connectivity index (χ1n) is 8.11. The highest BCUT2D eigenvalue weighted by molar-refractivity contribution is 5.92. The summed E-state index contributed by atoms with van der Waals surface area (Å²) in [6, 6.07) is 10.0. The van der Waals surface area contributed by atoms with Crippen molar-refractivity contribution in [1.82, 2.24) is 20.2 Å². The van der Waals surface area contributed by atoms with Crippen LogP contribution in [-0.4, -0.2) is 39.3 Å². The molecule has 0 radical (unpaired) electrons. The van der Waals surface area contributed by atoms with E-state index in [0.717, 1.165) is 18.4 Å². The highest BCUT2D eigenvalue weighted by Crippen LogP contribution is 2.18. The number of aromatic nitrogens is 2. The van der Waals surface area contributed by atoms with E-state index in [-0.39, 0.29) is 23.9 Å². The lowest BCUT2D eigenvalue weighted by atomic mass is 10.2. The maximum Gasteiger partial charge on any atom is 0.274 e. The molecule has 1 saturated carbocycles. The average Bonchev–Trinajstić information content (AvgIpc) is 3.43. The largest absolute Gasteiger partial charge is 0.353 e. The van der Waals surface area contributed by atoms with E-state index in [2.05, 4.69) is 15.3 Å². The molecule has 3 rings (SSSR count). The van der Waals surface area contributed by atoms with Gasteiger partial charge in [-0.05, 0) is 18.4 Å². The highest BCUT2D eigenvalue weighted by atomic mass is 16.2. The van der Waals surface area contributed by atoms with E-state index < -0.39 is 0 Å². The summed E-state index contributed by atoms with van der Waals surface area (Å²) in [5.74, 6) is -0.228. The second kappa shape index (κ2) is 7.68. The fourth-order valence-electron chi connectivity index (χ4n) is 2.39. The summed E-state index contributed by atoms with van der Waals surface area (Å²) >= 11 is 0. The van der Waals surface area contributed by atoms with Gasteiger partial charge >= 0.3 is 0 Å². The first-order chi connectivity index (χ1) is 11.7. The van der Waals surface area contributed by atoms with Crippen LogP contribution in [0.4, 0.5) is 0 Å². The number of nitrogens with one attached hydrogen (secondary N) is 1. The molecule has 1 N–H and O–H groups in total. The Kier molecular flexibility index (Phi) is 5.15. The molecule has 1 aromatic carbocycles. The number of rotatable bonds is 7. The molecule has 1 aliphatic carbocycles. The Morgan fingerprint density at radius 3 is 2.62 bits per heavy atom. The van der Waals surface area contributed by atoms with Crippen LogP contribution >= 0.6 is 0 Å². The third-order valence-corrected chi connectivity index (χ3v) is 3.84. The zero-order valence-corrected chi connectivity index (χ0v) is 13.4. The van der Waals surface area contributed by atoms with E-state index >= 15 is 0 Å². The molecule has 1 aromatic heterocycles. The summed E-state index contributed by atoms with van der Waals surface area (Å²) in [4.78, 5) is 34.3. The summed E-state index contributed by atoms with van der Waals surface area (Å²) < 4.78 is 0. The average molecular weight is 324 g/mol. The fourth-order valence-corrected chi connectivity index (χ4v) is 2.39. The van der Waals surface area contributed by atoms with E-state index in [0.29, 0.717) is 19.1 Å². The number of benzene rings is 1. The van der Waals surface area contributed by atoms with E-state index in [9.17, 15) is 9.59 Å². The molecule has 0 saturated heterocycles. The summed E-state index contributed by atoms with van der Waals surface area (Å²) in [7, 11) is 0. The molecule has 0 spiro atoms. The van der Waals surface area contributed by atoms with Gasteiger partial charge in [-0.15, -0.1) is 0 Å². The first-order valence-corrected chi connectivity index (χ1v) is 8.11. The molecular weight excluding hydrogens is 304 g/mol. The number of amides is 2. The van der Waals surface area contributed by atoms with Gasteiger partial charge in [-0.25, -0.2) is 4.98 Å². The molecule has 2 aromatic rings. The van der Waals surface area contributed by atoms with Crippen LogP contribution in [0, 0.1) is 0 Å². The van der Waals surface area contributed by atoms with Gasteiger partial charge in [0.2, 0.25) is 5.91 Å². The van der Waals surface area contributed by atoms with Crippen LogP contribution in [0.2, 0.25) is 0 Å². The van der Waals surface area contributed by atoms with Crippen LogP contribution in [0.5, 0.6) is 0 Å². The topological polar surface area (TPSA) is 75.2 Å². The van der Waals surface area contributed by atoms with Crippen LogP contribution in [0.3, 0.4) is 0 Å². The van der Waals surface area contributed by atoms with Crippen molar-refractivity contribution >= 4 is 11.8 Å². The van der Waals surface area contributed by atoms with Crippen molar-refractivity contribution < 1.29 is 9.59 Å². The van der Waals surface area contributed by atoms with Crippen molar-refractivity contribution in [2.75, 3.05) is 6.54 Å². The van der Waals surface area contributed by atoms with Gasteiger partial charge in [-0.1, -0.05) is 30.3 Å². The fraction of sp³-hybridized carbons (Fsp3) is 0.333. The van der Waals surface area contributed by atoms with Crippen LogP contribution in [0.1, 0.15) is 35.3 Å². The van der Waals surface area contributed by atoms with E-state index in [1.807, 2.05) is 30.3 Å². The van der Waals surface area contributed by atoms with Crippen LogP contribution < -0.4 is 5.32 Å². The molecule has 6 heteroatoms. The molecule has 0 unspecified atom stereocenters. The third kappa shape index (κ3) is 4.62. The minimum atomic E-state index is -0.217. The van der Waals surface area contributed by atoms with Crippen molar-refractivity contribution in [1.29, 1.82) is 0 Å². The molecular formula is C18H20N4O2. The van der Waals surface area contributed by atoms with Gasteiger partial charge in [0.25, 0.3) is 5.91 Å². The minimum Gasteiger partial charge on any atom is -0.353 e. The van der Waals surface area contributed by atoms with Gasteiger partial charge in [0, 0.05) is 37.9 Å². The van der Waals surface area contributed by atoms with Crippen LogP contribution in [0.25, 0.3) is 0 Å². The summed E-state index contributed by atoms with van der Waals surface area (Å²) in [6.07, 6.45) is 6.87. The number of carbonyl (C=O) groups excluding carboxylic acids is 2. The summed E-state index contributed by atoms with van der Waals surface area (Å²) in [5, 5.41) is 2.95. The lowest BCUT2D eigenvalue weighted by molar-refractivity contribution is -0.121. The standard InChI is InChI=1S/C18H20N4O2/c23-17(21-15-6-7-15)8-11-22(13-14-4-2-1-3-5-14)18(24)16-12-19-9-10-20-16/h1-5,9-10,12,15H,6-8,11,13H2,(H,21,23). The summed E-state index contributed by atoms with van der Waals surface area (Å²) in [5.41, 5.74) is 1.30. The Hall–Kier alpha value is -2.76. The van der Waals surface area contributed by atoms with Gasteiger partial charge < -0.3 is 10.2 Å². The molecule has 1 aliphatic rings. The van der Waals surface area contributed by atoms with Crippen molar-refractivity contribution in [3.8, 4) is 0 Å². The lowest BCUT2D eigenvalue weighted by Crippen LogP contribution is -2.35. The maximum atomic E-state index is 12.7. The number of hydrogen-bond acceptors (Lipinski definition) is 4. The normalized spacial score (nSPS) is 13.3. The molecule has 2 amide bonds. The van der Waals surface area contributed by atoms with E-state index in [1.165, 1.54) is 18.6 Å². The Bertz CT molecular complexity index is 687.